The van der Waals surface area contributed by atoms with Crippen LogP contribution in [0.4, 0.5) is 8.78 Å². The Morgan fingerprint density at radius 2 is 1.95 bits per heavy atom. The van der Waals surface area contributed by atoms with E-state index in [1.165, 1.54) is 13.2 Å². The lowest BCUT2D eigenvalue weighted by Crippen LogP contribution is -2.52. The summed E-state index contributed by atoms with van der Waals surface area (Å²) >= 11 is 0. The Kier molecular flexibility index (Phi) is 4.75. The van der Waals surface area contributed by atoms with E-state index in [1.807, 2.05) is 0 Å². The van der Waals surface area contributed by atoms with Crippen molar-refractivity contribution < 1.29 is 28.2 Å². The van der Waals surface area contributed by atoms with Crippen molar-refractivity contribution in [3.05, 3.63) is 35.4 Å². The molecule has 0 spiro atoms. The summed E-state index contributed by atoms with van der Waals surface area (Å²) in [7, 11) is 1.21. The van der Waals surface area contributed by atoms with Gasteiger partial charge in [-0.2, -0.15) is 0 Å². The predicted molar refractivity (Wildman–Crippen MR) is 73.3 cm³/mol. The van der Waals surface area contributed by atoms with E-state index in [4.69, 9.17) is 9.84 Å². The molecule has 1 unspecified atom stereocenters. The predicted octanol–water partition coefficient (Wildman–Crippen LogP) is 1.60. The number of carbonyl (C=O) groups is 2. The fourth-order valence-corrected chi connectivity index (χ4v) is 2.70. The summed E-state index contributed by atoms with van der Waals surface area (Å²) in [5.41, 5.74) is -1.52. The number of carbonyl (C=O) groups excluding carboxylic acids is 1. The number of halogens is 2. The minimum Gasteiger partial charge on any atom is -0.479 e. The van der Waals surface area contributed by atoms with Crippen LogP contribution in [-0.2, 0) is 19.7 Å². The number of amides is 1. The normalized spacial score (nSPS) is 17.4. The molecule has 1 aliphatic carbocycles. The first-order valence-corrected chi connectivity index (χ1v) is 6.91. The summed E-state index contributed by atoms with van der Waals surface area (Å²) in [6.45, 7) is -0.261. The third-order valence-corrected chi connectivity index (χ3v) is 4.09. The van der Waals surface area contributed by atoms with Gasteiger partial charge >= 0.3 is 5.97 Å². The van der Waals surface area contributed by atoms with E-state index in [-0.39, 0.29) is 12.1 Å². The second-order valence-electron chi connectivity index (χ2n) is 5.30. The number of nitrogens with one attached hydrogen (secondary N) is 1. The van der Waals surface area contributed by atoms with Crippen molar-refractivity contribution in [2.75, 3.05) is 13.7 Å². The smallest absolute Gasteiger partial charge is 0.334 e. The van der Waals surface area contributed by atoms with Gasteiger partial charge in [-0.05, 0) is 25.0 Å². The maximum absolute atomic E-state index is 14.0. The molecule has 1 aromatic rings. The Morgan fingerprint density at radius 1 is 1.36 bits per heavy atom. The van der Waals surface area contributed by atoms with Gasteiger partial charge in [0.25, 0.3) is 0 Å². The maximum atomic E-state index is 14.0. The largest absolute Gasteiger partial charge is 0.479 e. The zero-order valence-electron chi connectivity index (χ0n) is 12.1. The number of ether oxygens (including phenoxy) is 1. The van der Waals surface area contributed by atoms with Crippen LogP contribution in [0.1, 0.15) is 24.8 Å². The van der Waals surface area contributed by atoms with Gasteiger partial charge in [0.2, 0.25) is 5.91 Å². The van der Waals surface area contributed by atoms with Crippen molar-refractivity contribution in [2.24, 2.45) is 0 Å². The lowest BCUT2D eigenvalue weighted by atomic mass is 9.63. The number of methoxy groups -OCH3 is 1. The molecule has 0 bridgehead atoms. The van der Waals surface area contributed by atoms with Crippen molar-refractivity contribution in [3.8, 4) is 0 Å². The first-order valence-electron chi connectivity index (χ1n) is 6.91. The third-order valence-electron chi connectivity index (χ3n) is 4.09. The highest BCUT2D eigenvalue weighted by Crippen LogP contribution is 2.45. The molecule has 1 fully saturated rings. The van der Waals surface area contributed by atoms with Gasteiger partial charge in [0.15, 0.2) is 6.10 Å². The van der Waals surface area contributed by atoms with E-state index < -0.39 is 35.0 Å². The van der Waals surface area contributed by atoms with E-state index in [0.717, 1.165) is 12.1 Å². The molecular formula is C15H17F2NO4. The molecule has 2 N–H and O–H groups in total. The Bertz CT molecular complexity index is 567. The van der Waals surface area contributed by atoms with Gasteiger partial charge in [-0.1, -0.05) is 12.5 Å². The Balaban J connectivity index is 2.20. The molecule has 2 rings (SSSR count). The lowest BCUT2D eigenvalue weighted by molar-refractivity contribution is -0.148. The van der Waals surface area contributed by atoms with E-state index in [1.54, 1.807) is 0 Å². The molecule has 22 heavy (non-hydrogen) atoms. The van der Waals surface area contributed by atoms with Gasteiger partial charge in [0, 0.05) is 12.7 Å². The quantitative estimate of drug-likeness (QED) is 0.836. The van der Waals surface area contributed by atoms with Gasteiger partial charge in [0.05, 0.1) is 12.0 Å². The number of carboxylic acids is 1. The molecular weight excluding hydrogens is 296 g/mol. The highest BCUT2D eigenvalue weighted by Gasteiger charge is 2.49. The summed E-state index contributed by atoms with van der Waals surface area (Å²) in [5, 5.41) is 11.3. The number of aliphatic carboxylic acids is 1. The number of rotatable bonds is 6. The van der Waals surface area contributed by atoms with E-state index in [9.17, 15) is 18.4 Å². The van der Waals surface area contributed by atoms with Crippen LogP contribution in [0.25, 0.3) is 0 Å². The number of benzene rings is 1. The SMILES string of the molecule is COC(CNC(=O)C1(c2c(F)cccc2F)CCC1)C(=O)O. The summed E-state index contributed by atoms with van der Waals surface area (Å²) in [5.74, 6) is -3.33. The summed E-state index contributed by atoms with van der Waals surface area (Å²) in [6.07, 6.45) is 0.114. The van der Waals surface area contributed by atoms with Crippen LogP contribution in [0, 0.1) is 11.6 Å². The zero-order chi connectivity index (χ0) is 16.3. The molecule has 0 heterocycles. The van der Waals surface area contributed by atoms with Crippen LogP contribution in [0.2, 0.25) is 0 Å². The monoisotopic (exact) mass is 313 g/mol. The molecule has 1 aliphatic rings. The first kappa shape index (κ1) is 16.4. The van der Waals surface area contributed by atoms with Crippen molar-refractivity contribution in [2.45, 2.75) is 30.8 Å². The van der Waals surface area contributed by atoms with Crippen LogP contribution in [0.3, 0.4) is 0 Å². The Hall–Kier alpha value is -2.02. The minimum absolute atomic E-state index is 0.247. The van der Waals surface area contributed by atoms with Crippen LogP contribution in [0.15, 0.2) is 18.2 Å². The van der Waals surface area contributed by atoms with Crippen molar-refractivity contribution in [1.82, 2.24) is 5.32 Å². The average molecular weight is 313 g/mol. The maximum Gasteiger partial charge on any atom is 0.334 e. The molecule has 7 heteroatoms. The summed E-state index contributed by atoms with van der Waals surface area (Å²) in [4.78, 5) is 23.3. The molecule has 0 aromatic heterocycles. The van der Waals surface area contributed by atoms with E-state index in [2.05, 4.69) is 5.32 Å². The lowest BCUT2D eigenvalue weighted by Gasteiger charge is -2.41. The molecule has 0 saturated heterocycles. The van der Waals surface area contributed by atoms with Crippen LogP contribution in [0.5, 0.6) is 0 Å². The molecule has 5 nitrogen and oxygen atoms in total. The average Bonchev–Trinajstić information content (AvgIpc) is 2.41. The van der Waals surface area contributed by atoms with Gasteiger partial charge in [-0.3, -0.25) is 4.79 Å². The molecule has 0 aliphatic heterocycles. The van der Waals surface area contributed by atoms with Crippen LogP contribution in [-0.4, -0.2) is 36.7 Å². The van der Waals surface area contributed by atoms with Crippen molar-refractivity contribution >= 4 is 11.9 Å². The first-order chi connectivity index (χ1) is 10.4. The van der Waals surface area contributed by atoms with E-state index >= 15 is 0 Å². The van der Waals surface area contributed by atoms with Crippen LogP contribution < -0.4 is 5.32 Å². The molecule has 1 aromatic carbocycles. The summed E-state index contributed by atoms with van der Waals surface area (Å²) in [6, 6.07) is 3.46. The second-order valence-corrected chi connectivity index (χ2v) is 5.30. The molecule has 120 valence electrons. The van der Waals surface area contributed by atoms with Crippen LogP contribution >= 0.6 is 0 Å². The molecule has 0 radical (unpaired) electrons. The van der Waals surface area contributed by atoms with Crippen molar-refractivity contribution in [3.63, 3.8) is 0 Å². The van der Waals surface area contributed by atoms with Gasteiger partial charge in [-0.25, -0.2) is 13.6 Å². The van der Waals surface area contributed by atoms with Gasteiger partial charge in [-0.15, -0.1) is 0 Å². The number of hydrogen-bond donors (Lipinski definition) is 2. The van der Waals surface area contributed by atoms with Gasteiger partial charge in [0.1, 0.15) is 11.6 Å². The van der Waals surface area contributed by atoms with Crippen molar-refractivity contribution in [1.29, 1.82) is 0 Å². The fraction of sp³-hybridized carbons (Fsp3) is 0.467. The third kappa shape index (κ3) is 2.81. The number of carboxylic acid groups (broad SMARTS) is 1. The Morgan fingerprint density at radius 3 is 2.36 bits per heavy atom. The van der Waals surface area contributed by atoms with E-state index in [0.29, 0.717) is 19.3 Å². The molecule has 1 atom stereocenters. The summed E-state index contributed by atoms with van der Waals surface area (Å²) < 4.78 is 32.7. The molecule has 1 amide bonds. The highest BCUT2D eigenvalue weighted by molar-refractivity contribution is 5.89. The topological polar surface area (TPSA) is 75.6 Å². The highest BCUT2D eigenvalue weighted by atomic mass is 19.1. The molecule has 1 saturated carbocycles. The Labute approximate surface area is 126 Å². The zero-order valence-corrected chi connectivity index (χ0v) is 12.1. The second kappa shape index (κ2) is 6.39. The number of hydrogen-bond acceptors (Lipinski definition) is 3. The fourth-order valence-electron chi connectivity index (χ4n) is 2.70. The minimum atomic E-state index is -1.27. The van der Waals surface area contributed by atoms with Gasteiger partial charge < -0.3 is 15.2 Å². The standard InChI is InChI=1S/C15H17F2NO4/c1-22-11(13(19)20)8-18-14(21)15(6-3-7-15)12-9(16)4-2-5-10(12)17/h2,4-5,11H,3,6-8H2,1H3,(H,18,21)(H,19,20).